The first-order valence-electron chi connectivity index (χ1n) is 8.45. The van der Waals surface area contributed by atoms with Gasteiger partial charge in [0, 0.05) is 29.5 Å². The van der Waals surface area contributed by atoms with Gasteiger partial charge < -0.3 is 0 Å². The van der Waals surface area contributed by atoms with Gasteiger partial charge in [-0.15, -0.1) is 0 Å². The van der Waals surface area contributed by atoms with Crippen LogP contribution < -0.4 is 4.90 Å². The zero-order chi connectivity index (χ0) is 17.4. The summed E-state index contributed by atoms with van der Waals surface area (Å²) < 4.78 is 0.806. The largest absolute Gasteiger partial charge is 0.300 e. The van der Waals surface area contributed by atoms with Crippen molar-refractivity contribution in [3.63, 3.8) is 0 Å². The number of aromatic nitrogens is 1. The van der Waals surface area contributed by atoms with Gasteiger partial charge in [0.1, 0.15) is 0 Å². The minimum Gasteiger partial charge on any atom is -0.291 e. The van der Waals surface area contributed by atoms with Gasteiger partial charge in [0.05, 0.1) is 17.9 Å². The van der Waals surface area contributed by atoms with E-state index < -0.39 is 11.7 Å². The van der Waals surface area contributed by atoms with Crippen molar-refractivity contribution in [2.45, 2.75) is 25.3 Å². The van der Waals surface area contributed by atoms with Crippen LogP contribution in [0.5, 0.6) is 0 Å². The minimum absolute atomic E-state index is 0.227. The smallest absolute Gasteiger partial charge is 0.291 e. The SMILES string of the molecule is O=C1C(=O)N(CN2CCCCC2c2cccnc2)c2ccc(Br)cc21. The van der Waals surface area contributed by atoms with Crippen LogP contribution in [0.3, 0.4) is 0 Å². The van der Waals surface area contributed by atoms with Crippen LogP contribution in [0.4, 0.5) is 5.69 Å². The molecule has 5 nitrogen and oxygen atoms in total. The molecule has 6 heteroatoms. The predicted molar refractivity (Wildman–Crippen MR) is 98.4 cm³/mol. The van der Waals surface area contributed by atoms with E-state index >= 15 is 0 Å². The molecule has 0 bridgehead atoms. The quantitative estimate of drug-likeness (QED) is 0.740. The van der Waals surface area contributed by atoms with E-state index in [1.165, 1.54) is 0 Å². The fourth-order valence-corrected chi connectivity index (χ4v) is 4.07. The molecule has 1 atom stereocenters. The number of ketones is 1. The monoisotopic (exact) mass is 399 g/mol. The van der Waals surface area contributed by atoms with Crippen LogP contribution in [0.25, 0.3) is 0 Å². The number of pyridine rings is 1. The predicted octanol–water partition coefficient (Wildman–Crippen LogP) is 3.56. The Labute approximate surface area is 154 Å². The topological polar surface area (TPSA) is 53.5 Å². The number of carbonyl (C=O) groups is 2. The molecule has 128 valence electrons. The van der Waals surface area contributed by atoms with Gasteiger partial charge in [0.15, 0.2) is 0 Å². The molecule has 0 N–H and O–H groups in total. The molecule has 1 amide bonds. The number of Topliss-reactive ketones (excluding diaryl/α,β-unsaturated/α-hetero) is 1. The van der Waals surface area contributed by atoms with E-state index in [1.54, 1.807) is 17.2 Å². The fourth-order valence-electron chi connectivity index (χ4n) is 3.71. The second-order valence-electron chi connectivity index (χ2n) is 6.48. The molecule has 0 spiro atoms. The number of fused-ring (bicyclic) bond motifs is 1. The zero-order valence-corrected chi connectivity index (χ0v) is 15.3. The van der Waals surface area contributed by atoms with Crippen molar-refractivity contribution >= 4 is 33.3 Å². The Morgan fingerprint density at radius 2 is 2.08 bits per heavy atom. The molecule has 1 aromatic heterocycles. The van der Waals surface area contributed by atoms with Crippen molar-refractivity contribution in [1.29, 1.82) is 0 Å². The van der Waals surface area contributed by atoms with Crippen LogP contribution in [0.15, 0.2) is 47.2 Å². The van der Waals surface area contributed by atoms with Crippen LogP contribution in [0, 0.1) is 0 Å². The summed E-state index contributed by atoms with van der Waals surface area (Å²) in [5.74, 6) is -0.866. The summed E-state index contributed by atoms with van der Waals surface area (Å²) >= 11 is 3.37. The van der Waals surface area contributed by atoms with Crippen molar-refractivity contribution < 1.29 is 9.59 Å². The summed E-state index contributed by atoms with van der Waals surface area (Å²) in [5.41, 5.74) is 2.35. The van der Waals surface area contributed by atoms with Gasteiger partial charge in [-0.1, -0.05) is 28.4 Å². The second kappa shape index (κ2) is 6.69. The van der Waals surface area contributed by atoms with Crippen LogP contribution in [-0.2, 0) is 4.79 Å². The normalized spacial score (nSPS) is 20.8. The van der Waals surface area contributed by atoms with Gasteiger partial charge >= 0.3 is 5.91 Å². The summed E-state index contributed by atoms with van der Waals surface area (Å²) in [4.78, 5) is 32.9. The standard InChI is InChI=1S/C19H18BrN3O2/c20-14-6-7-17-15(10-14)18(24)19(25)23(17)12-22-9-2-1-5-16(22)13-4-3-8-21-11-13/h3-4,6-8,10-11,16H,1-2,5,9,12H2. The number of hydrogen-bond acceptors (Lipinski definition) is 4. The van der Waals surface area contributed by atoms with E-state index in [0.717, 1.165) is 35.8 Å². The van der Waals surface area contributed by atoms with Crippen molar-refractivity contribution in [2.24, 2.45) is 0 Å². The Morgan fingerprint density at radius 3 is 2.88 bits per heavy atom. The molecule has 2 aliphatic heterocycles. The number of rotatable bonds is 3. The third-order valence-corrected chi connectivity index (χ3v) is 5.43. The van der Waals surface area contributed by atoms with E-state index in [2.05, 4.69) is 31.9 Å². The Bertz CT molecular complexity index is 825. The van der Waals surface area contributed by atoms with Crippen LogP contribution in [0.2, 0.25) is 0 Å². The molecular weight excluding hydrogens is 382 g/mol. The number of amides is 1. The molecule has 1 saturated heterocycles. The van der Waals surface area contributed by atoms with E-state index in [0.29, 0.717) is 17.9 Å². The van der Waals surface area contributed by atoms with Gasteiger partial charge in [-0.05, 0) is 42.7 Å². The highest BCUT2D eigenvalue weighted by atomic mass is 79.9. The van der Waals surface area contributed by atoms with E-state index in [1.807, 2.05) is 24.4 Å². The average Bonchev–Trinajstić information content (AvgIpc) is 2.87. The Kier molecular flexibility index (Phi) is 4.39. The Morgan fingerprint density at radius 1 is 1.20 bits per heavy atom. The highest BCUT2D eigenvalue weighted by Crippen LogP contribution is 2.35. The highest BCUT2D eigenvalue weighted by Gasteiger charge is 2.38. The number of halogens is 1. The molecular formula is C19H18BrN3O2. The summed E-state index contributed by atoms with van der Waals surface area (Å²) in [7, 11) is 0. The summed E-state index contributed by atoms with van der Waals surface area (Å²) in [6, 6.07) is 9.68. The van der Waals surface area contributed by atoms with Crippen LogP contribution >= 0.6 is 15.9 Å². The van der Waals surface area contributed by atoms with E-state index in [4.69, 9.17) is 0 Å². The lowest BCUT2D eigenvalue weighted by molar-refractivity contribution is -0.114. The molecule has 1 fully saturated rings. The summed E-state index contributed by atoms with van der Waals surface area (Å²) in [6.07, 6.45) is 6.96. The first-order valence-corrected chi connectivity index (χ1v) is 9.24. The molecule has 4 rings (SSSR count). The molecule has 0 aliphatic carbocycles. The highest BCUT2D eigenvalue weighted by molar-refractivity contribution is 9.10. The molecule has 1 aromatic carbocycles. The Hall–Kier alpha value is -2.05. The number of anilines is 1. The van der Waals surface area contributed by atoms with Crippen molar-refractivity contribution in [3.8, 4) is 0 Å². The maximum absolute atomic E-state index is 12.5. The molecule has 2 aliphatic rings. The number of hydrogen-bond donors (Lipinski definition) is 0. The van der Waals surface area contributed by atoms with Crippen LogP contribution in [0.1, 0.15) is 41.2 Å². The van der Waals surface area contributed by atoms with Gasteiger partial charge in [0.25, 0.3) is 5.78 Å². The van der Waals surface area contributed by atoms with Gasteiger partial charge in [-0.2, -0.15) is 0 Å². The van der Waals surface area contributed by atoms with Gasteiger partial charge in [0.2, 0.25) is 0 Å². The van der Waals surface area contributed by atoms with E-state index in [-0.39, 0.29) is 6.04 Å². The first-order chi connectivity index (χ1) is 12.1. The average molecular weight is 400 g/mol. The maximum Gasteiger partial charge on any atom is 0.300 e. The summed E-state index contributed by atoms with van der Waals surface area (Å²) in [6.45, 7) is 1.34. The fraction of sp³-hybridized carbons (Fsp3) is 0.316. The Balaban J connectivity index is 1.63. The number of likely N-dealkylation sites (tertiary alicyclic amines) is 1. The number of carbonyl (C=O) groups excluding carboxylic acids is 2. The lowest BCUT2D eigenvalue weighted by atomic mass is 9.97. The van der Waals surface area contributed by atoms with Gasteiger partial charge in [-0.3, -0.25) is 24.4 Å². The third kappa shape index (κ3) is 3.00. The first kappa shape index (κ1) is 16.4. The maximum atomic E-state index is 12.5. The molecule has 0 radical (unpaired) electrons. The van der Waals surface area contributed by atoms with Crippen molar-refractivity contribution in [3.05, 3.63) is 58.3 Å². The second-order valence-corrected chi connectivity index (χ2v) is 7.39. The van der Waals surface area contributed by atoms with E-state index in [9.17, 15) is 9.59 Å². The third-order valence-electron chi connectivity index (χ3n) is 4.94. The number of nitrogens with zero attached hydrogens (tertiary/aromatic N) is 3. The van der Waals surface area contributed by atoms with Crippen LogP contribution in [-0.4, -0.2) is 34.8 Å². The molecule has 1 unspecified atom stereocenters. The number of benzene rings is 1. The van der Waals surface area contributed by atoms with Gasteiger partial charge in [-0.25, -0.2) is 0 Å². The lowest BCUT2D eigenvalue weighted by Crippen LogP contribution is -2.44. The molecule has 25 heavy (non-hydrogen) atoms. The van der Waals surface area contributed by atoms with Crippen molar-refractivity contribution in [1.82, 2.24) is 9.88 Å². The lowest BCUT2D eigenvalue weighted by Gasteiger charge is -2.38. The minimum atomic E-state index is -0.441. The zero-order valence-electron chi connectivity index (χ0n) is 13.7. The number of piperidine rings is 1. The summed E-state index contributed by atoms with van der Waals surface area (Å²) in [5, 5.41) is 0. The molecule has 2 aromatic rings. The van der Waals surface area contributed by atoms with Crippen molar-refractivity contribution in [2.75, 3.05) is 18.1 Å². The molecule has 0 saturated carbocycles. The molecule has 3 heterocycles.